The van der Waals surface area contributed by atoms with E-state index in [0.29, 0.717) is 10.7 Å². The Hall–Kier alpha value is -2.72. The monoisotopic (exact) mass is 484 g/mol. The molecule has 3 atom stereocenters. The number of aryl methyl sites for hydroxylation is 1. The molecule has 2 fully saturated rings. The number of hydrogen-bond acceptors (Lipinski definition) is 12. The molecule has 2 aromatic heterocycles. The Morgan fingerprint density at radius 2 is 2.29 bits per heavy atom. The number of carboxylic acid groups (broad SMARTS) is 1. The maximum Gasteiger partial charge on any atom is 0.313 e. The highest BCUT2D eigenvalue weighted by Crippen LogP contribution is 2.44. The fourth-order valence-corrected chi connectivity index (χ4v) is 6.45. The molecule has 3 N–H and O–H groups in total. The number of aromatic nitrogens is 5. The van der Waals surface area contributed by atoms with E-state index in [-0.39, 0.29) is 29.7 Å². The molecule has 0 radical (unpaired) electrons. The van der Waals surface area contributed by atoms with Crippen LogP contribution < -0.4 is 5.32 Å². The molecule has 31 heavy (non-hydrogen) atoms. The van der Waals surface area contributed by atoms with Crippen molar-refractivity contribution in [1.82, 2.24) is 34.8 Å². The average Bonchev–Trinajstić information content (AvgIpc) is 3.42. The molecule has 2 aromatic rings. The van der Waals surface area contributed by atoms with E-state index in [1.165, 1.54) is 39.3 Å². The van der Waals surface area contributed by atoms with Crippen LogP contribution >= 0.6 is 35.1 Å². The maximum atomic E-state index is 12.7. The number of thioether (sulfide) groups is 2. The van der Waals surface area contributed by atoms with Crippen LogP contribution in [0.15, 0.2) is 21.9 Å². The van der Waals surface area contributed by atoms with Gasteiger partial charge in [0.1, 0.15) is 16.8 Å². The number of oxime groups is 1. The Morgan fingerprint density at radius 3 is 2.90 bits per heavy atom. The summed E-state index contributed by atoms with van der Waals surface area (Å²) < 4.78 is 5.31. The highest BCUT2D eigenvalue weighted by atomic mass is 32.2. The number of nitrogens with one attached hydrogen (secondary N) is 1. The lowest BCUT2D eigenvalue weighted by molar-refractivity contribution is -0.157. The van der Waals surface area contributed by atoms with Gasteiger partial charge in [0.25, 0.3) is 5.91 Å². The van der Waals surface area contributed by atoms with E-state index in [0.717, 1.165) is 11.5 Å². The summed E-state index contributed by atoms with van der Waals surface area (Å²) >= 11 is 3.59. The van der Waals surface area contributed by atoms with Gasteiger partial charge in [-0.05, 0) is 22.0 Å². The van der Waals surface area contributed by atoms with Crippen molar-refractivity contribution in [2.45, 2.75) is 16.6 Å². The molecule has 13 nitrogen and oxygen atoms in total. The zero-order valence-electron chi connectivity index (χ0n) is 15.9. The van der Waals surface area contributed by atoms with Gasteiger partial charge in [-0.25, -0.2) is 9.06 Å². The number of tetrazole rings is 1. The van der Waals surface area contributed by atoms with E-state index in [4.69, 9.17) is 0 Å². The largest absolute Gasteiger partial charge is 0.481 e. The maximum absolute atomic E-state index is 12.7. The number of fused-ring (bicyclic) bond motifs is 1. The zero-order valence-corrected chi connectivity index (χ0v) is 18.4. The molecule has 2 aliphatic heterocycles. The second-order valence-electron chi connectivity index (χ2n) is 6.94. The quantitative estimate of drug-likeness (QED) is 0.146. The number of nitrogens with zero attached hydrogens (tertiary/aromatic N) is 7. The third-order valence-electron chi connectivity index (χ3n) is 4.96. The van der Waals surface area contributed by atoms with Crippen LogP contribution in [-0.4, -0.2) is 92.8 Å². The van der Waals surface area contributed by atoms with Gasteiger partial charge >= 0.3 is 5.97 Å². The summed E-state index contributed by atoms with van der Waals surface area (Å²) in [6, 6.07) is -0.830. The molecule has 2 saturated heterocycles. The highest BCUT2D eigenvalue weighted by molar-refractivity contribution is 8.00. The summed E-state index contributed by atoms with van der Waals surface area (Å²) in [4.78, 5) is 38.7. The van der Waals surface area contributed by atoms with Crippen molar-refractivity contribution >= 4 is 58.6 Å². The van der Waals surface area contributed by atoms with Gasteiger partial charge in [-0.2, -0.15) is 0 Å². The molecule has 0 bridgehead atoms. The van der Waals surface area contributed by atoms with E-state index in [1.54, 1.807) is 12.4 Å². The minimum atomic E-state index is -1.18. The average molecular weight is 485 g/mol. The van der Waals surface area contributed by atoms with Crippen molar-refractivity contribution < 1.29 is 24.7 Å². The molecule has 2 aliphatic rings. The van der Waals surface area contributed by atoms with Crippen LogP contribution in [0, 0.1) is 5.41 Å². The van der Waals surface area contributed by atoms with Gasteiger partial charge in [0, 0.05) is 36.0 Å². The second-order valence-corrected chi connectivity index (χ2v) is 9.64. The van der Waals surface area contributed by atoms with Crippen LogP contribution in [0.4, 0.5) is 0 Å². The molecule has 0 aromatic carbocycles. The lowest BCUT2D eigenvalue weighted by Crippen LogP contribution is -2.74. The highest BCUT2D eigenvalue weighted by Gasteiger charge is 2.57. The SMILES string of the molecule is Cn1nnnc1SCC1(C(=O)O)CS[C@@H]2C(NC(=O)C(=NO)c3cnsc3)C(=O)N2C1. The van der Waals surface area contributed by atoms with E-state index in [1.807, 2.05) is 0 Å². The standard InChI is InChI=1S/C15H16N8O5S3/c1-22-14(18-20-21-22)30-6-15(13(26)27)4-23-11(25)9(12(23)29-5-15)17-10(24)8(19-28)7-2-16-31-3-7/h2-3,9,12,28H,4-6H2,1H3,(H,17,24)(H,26,27)/t9?,12-,15?/m1/s1. The van der Waals surface area contributed by atoms with Crippen molar-refractivity contribution in [2.75, 3.05) is 18.1 Å². The summed E-state index contributed by atoms with van der Waals surface area (Å²) in [5, 5.41) is 37.4. The summed E-state index contributed by atoms with van der Waals surface area (Å²) in [5.74, 6) is -1.68. The Balaban J connectivity index is 1.42. The number of β-lactam (4-membered cyclic amide) rings is 1. The Bertz CT molecular complexity index is 1040. The first kappa shape index (κ1) is 21.5. The van der Waals surface area contributed by atoms with Crippen LogP contribution in [0.25, 0.3) is 0 Å². The minimum absolute atomic E-state index is 0.0128. The third kappa shape index (κ3) is 3.85. The molecule has 0 aliphatic carbocycles. The summed E-state index contributed by atoms with van der Waals surface area (Å²) in [6.45, 7) is 0.0128. The van der Waals surface area contributed by atoms with E-state index >= 15 is 0 Å². The van der Waals surface area contributed by atoms with Gasteiger partial charge in [-0.1, -0.05) is 16.9 Å². The molecule has 0 saturated carbocycles. The van der Waals surface area contributed by atoms with Crippen LogP contribution in [0.1, 0.15) is 5.56 Å². The molecular weight excluding hydrogens is 468 g/mol. The van der Waals surface area contributed by atoms with Crippen LogP contribution in [0.2, 0.25) is 0 Å². The number of amides is 2. The predicted molar refractivity (Wildman–Crippen MR) is 110 cm³/mol. The van der Waals surface area contributed by atoms with E-state index in [2.05, 4.69) is 30.4 Å². The van der Waals surface area contributed by atoms with E-state index in [9.17, 15) is 24.7 Å². The fourth-order valence-electron chi connectivity index (χ4n) is 3.22. The van der Waals surface area contributed by atoms with Gasteiger partial charge in [-0.3, -0.25) is 14.4 Å². The lowest BCUT2D eigenvalue weighted by Gasteiger charge is -2.53. The zero-order chi connectivity index (χ0) is 22.2. The van der Waals surface area contributed by atoms with Crippen molar-refractivity contribution in [1.29, 1.82) is 0 Å². The van der Waals surface area contributed by atoms with Crippen molar-refractivity contribution in [3.8, 4) is 0 Å². The van der Waals surface area contributed by atoms with Crippen molar-refractivity contribution in [3.05, 3.63) is 17.1 Å². The first-order valence-corrected chi connectivity index (χ1v) is 11.7. The topological polar surface area (TPSA) is 176 Å². The Kier molecular flexibility index (Phi) is 5.85. The molecule has 2 unspecified atom stereocenters. The van der Waals surface area contributed by atoms with Gasteiger partial charge in [-0.15, -0.1) is 16.9 Å². The number of rotatable bonds is 7. The first-order valence-electron chi connectivity index (χ1n) is 8.79. The third-order valence-corrected chi connectivity index (χ3v) is 8.44. The van der Waals surface area contributed by atoms with Crippen LogP contribution in [-0.2, 0) is 21.4 Å². The predicted octanol–water partition coefficient (Wildman–Crippen LogP) is -0.892. The number of hydrogen-bond donors (Lipinski definition) is 3. The lowest BCUT2D eigenvalue weighted by atomic mass is 9.89. The molecule has 16 heteroatoms. The van der Waals surface area contributed by atoms with E-state index < -0.39 is 28.7 Å². The van der Waals surface area contributed by atoms with Gasteiger partial charge in [0.15, 0.2) is 5.71 Å². The Morgan fingerprint density at radius 1 is 1.48 bits per heavy atom. The molecule has 2 amide bonds. The minimum Gasteiger partial charge on any atom is -0.481 e. The van der Waals surface area contributed by atoms with Gasteiger partial charge < -0.3 is 20.5 Å². The van der Waals surface area contributed by atoms with Gasteiger partial charge in [0.2, 0.25) is 11.1 Å². The van der Waals surface area contributed by atoms with Crippen molar-refractivity contribution in [2.24, 2.45) is 17.6 Å². The summed E-state index contributed by atoms with van der Waals surface area (Å²) in [5.41, 5.74) is -1.08. The van der Waals surface area contributed by atoms with Gasteiger partial charge in [0.05, 0.1) is 6.20 Å². The number of aliphatic carboxylic acids is 1. The molecular formula is C15H16N8O5S3. The Labute approximate surface area is 187 Å². The smallest absolute Gasteiger partial charge is 0.313 e. The fraction of sp³-hybridized carbons (Fsp3) is 0.467. The summed E-state index contributed by atoms with van der Waals surface area (Å²) in [6.07, 6.45) is 1.38. The second kappa shape index (κ2) is 8.43. The number of carboxylic acids is 1. The first-order chi connectivity index (χ1) is 14.9. The number of carbonyl (C=O) groups excluding carboxylic acids is 2. The molecule has 4 heterocycles. The number of carbonyl (C=O) groups is 3. The summed E-state index contributed by atoms with van der Waals surface area (Å²) in [7, 11) is 1.66. The molecule has 4 rings (SSSR count). The molecule has 164 valence electrons. The van der Waals surface area contributed by atoms with Crippen molar-refractivity contribution in [3.63, 3.8) is 0 Å². The van der Waals surface area contributed by atoms with Crippen LogP contribution in [0.5, 0.6) is 0 Å². The normalized spacial score (nSPS) is 25.6. The molecule has 0 spiro atoms. The van der Waals surface area contributed by atoms with Crippen LogP contribution in [0.3, 0.4) is 0 Å².